The van der Waals surface area contributed by atoms with Crippen molar-refractivity contribution in [3.8, 4) is 5.75 Å². The molecule has 0 heterocycles. The zero-order valence-electron chi connectivity index (χ0n) is 9.10. The fraction of sp³-hybridized carbons (Fsp3) is 0.400. The van der Waals surface area contributed by atoms with E-state index in [1.807, 2.05) is 6.07 Å². The second-order valence-electron chi connectivity index (χ2n) is 3.51. The van der Waals surface area contributed by atoms with Crippen LogP contribution in [0.1, 0.15) is 5.56 Å². The summed E-state index contributed by atoms with van der Waals surface area (Å²) < 4.78 is 23.9. The SMILES string of the molecule is CS(=O)(=O)NCCNCc1cccc(O)c1. The van der Waals surface area contributed by atoms with Crippen LogP contribution in [0, 0.1) is 0 Å². The minimum absolute atomic E-state index is 0.230. The van der Waals surface area contributed by atoms with Crippen LogP contribution in [-0.4, -0.2) is 32.9 Å². The van der Waals surface area contributed by atoms with E-state index < -0.39 is 10.0 Å². The molecular formula is C10H16N2O3S. The van der Waals surface area contributed by atoms with E-state index in [2.05, 4.69) is 10.0 Å². The van der Waals surface area contributed by atoms with Gasteiger partial charge in [0.1, 0.15) is 5.75 Å². The Kier molecular flexibility index (Phi) is 4.72. The molecule has 0 bridgehead atoms. The number of rotatable bonds is 6. The first-order chi connectivity index (χ1) is 7.47. The monoisotopic (exact) mass is 244 g/mol. The first-order valence-electron chi connectivity index (χ1n) is 4.90. The van der Waals surface area contributed by atoms with E-state index in [-0.39, 0.29) is 5.75 Å². The highest BCUT2D eigenvalue weighted by Gasteiger charge is 1.98. The predicted molar refractivity (Wildman–Crippen MR) is 62.7 cm³/mol. The van der Waals surface area contributed by atoms with Gasteiger partial charge in [-0.05, 0) is 17.7 Å². The lowest BCUT2D eigenvalue weighted by Gasteiger charge is -2.05. The third kappa shape index (κ3) is 5.69. The fourth-order valence-electron chi connectivity index (χ4n) is 1.22. The Morgan fingerprint density at radius 3 is 2.69 bits per heavy atom. The van der Waals surface area contributed by atoms with Crippen LogP contribution >= 0.6 is 0 Å². The molecule has 0 saturated heterocycles. The van der Waals surface area contributed by atoms with Crippen molar-refractivity contribution in [2.75, 3.05) is 19.3 Å². The zero-order chi connectivity index (χ0) is 12.0. The van der Waals surface area contributed by atoms with Crippen LogP contribution in [-0.2, 0) is 16.6 Å². The van der Waals surface area contributed by atoms with E-state index in [1.165, 1.54) is 0 Å². The molecule has 16 heavy (non-hydrogen) atoms. The van der Waals surface area contributed by atoms with E-state index in [0.29, 0.717) is 19.6 Å². The standard InChI is InChI=1S/C10H16N2O3S/c1-16(14,15)12-6-5-11-8-9-3-2-4-10(13)7-9/h2-4,7,11-13H,5-6,8H2,1H3. The van der Waals surface area contributed by atoms with Crippen molar-refractivity contribution in [1.82, 2.24) is 10.0 Å². The van der Waals surface area contributed by atoms with Gasteiger partial charge < -0.3 is 10.4 Å². The number of phenols is 1. The largest absolute Gasteiger partial charge is 0.508 e. The van der Waals surface area contributed by atoms with Crippen LogP contribution < -0.4 is 10.0 Å². The smallest absolute Gasteiger partial charge is 0.208 e. The highest BCUT2D eigenvalue weighted by atomic mass is 32.2. The lowest BCUT2D eigenvalue weighted by molar-refractivity contribution is 0.474. The van der Waals surface area contributed by atoms with Gasteiger partial charge in [0.05, 0.1) is 6.26 Å². The molecule has 0 radical (unpaired) electrons. The summed E-state index contributed by atoms with van der Waals surface area (Å²) in [5, 5.41) is 12.3. The highest BCUT2D eigenvalue weighted by molar-refractivity contribution is 7.88. The highest BCUT2D eigenvalue weighted by Crippen LogP contribution is 2.09. The van der Waals surface area contributed by atoms with E-state index in [9.17, 15) is 13.5 Å². The molecule has 5 nitrogen and oxygen atoms in total. The summed E-state index contributed by atoms with van der Waals surface area (Å²) in [6.45, 7) is 1.50. The molecule has 1 aromatic carbocycles. The number of benzene rings is 1. The van der Waals surface area contributed by atoms with Crippen LogP contribution in [0.2, 0.25) is 0 Å². The van der Waals surface area contributed by atoms with Crippen LogP contribution in [0.5, 0.6) is 5.75 Å². The van der Waals surface area contributed by atoms with Crippen molar-refractivity contribution in [1.29, 1.82) is 0 Å². The van der Waals surface area contributed by atoms with Crippen molar-refractivity contribution in [2.24, 2.45) is 0 Å². The second-order valence-corrected chi connectivity index (χ2v) is 5.35. The Hall–Kier alpha value is -1.11. The van der Waals surface area contributed by atoms with Gasteiger partial charge in [-0.1, -0.05) is 12.1 Å². The molecule has 0 aliphatic rings. The molecule has 0 amide bonds. The summed E-state index contributed by atoms with van der Waals surface area (Å²) in [5.74, 6) is 0.230. The Morgan fingerprint density at radius 2 is 2.06 bits per heavy atom. The molecule has 1 rings (SSSR count). The fourth-order valence-corrected chi connectivity index (χ4v) is 1.70. The van der Waals surface area contributed by atoms with Gasteiger partial charge in [-0.25, -0.2) is 13.1 Å². The van der Waals surface area contributed by atoms with Crippen molar-refractivity contribution in [2.45, 2.75) is 6.54 Å². The van der Waals surface area contributed by atoms with Crippen molar-refractivity contribution >= 4 is 10.0 Å². The minimum atomic E-state index is -3.11. The number of aromatic hydroxyl groups is 1. The lowest BCUT2D eigenvalue weighted by atomic mass is 10.2. The van der Waals surface area contributed by atoms with Gasteiger partial charge in [-0.2, -0.15) is 0 Å². The van der Waals surface area contributed by atoms with Crippen molar-refractivity contribution in [3.05, 3.63) is 29.8 Å². The van der Waals surface area contributed by atoms with Crippen molar-refractivity contribution in [3.63, 3.8) is 0 Å². The predicted octanol–water partition coefficient (Wildman–Crippen LogP) is 0.0310. The van der Waals surface area contributed by atoms with Gasteiger partial charge in [-0.15, -0.1) is 0 Å². The maximum atomic E-state index is 10.7. The average molecular weight is 244 g/mol. The molecule has 0 atom stereocenters. The first kappa shape index (κ1) is 13.0. The quantitative estimate of drug-likeness (QED) is 0.617. The first-order valence-corrected chi connectivity index (χ1v) is 6.80. The number of hydrogen-bond donors (Lipinski definition) is 3. The van der Waals surface area contributed by atoms with Gasteiger partial charge in [0, 0.05) is 19.6 Å². The number of phenolic OH excluding ortho intramolecular Hbond substituents is 1. The Balaban J connectivity index is 2.21. The molecule has 0 aliphatic carbocycles. The van der Waals surface area contributed by atoms with E-state index in [0.717, 1.165) is 11.8 Å². The number of nitrogens with one attached hydrogen (secondary N) is 2. The molecule has 0 aliphatic heterocycles. The Labute approximate surface area is 95.5 Å². The number of sulfonamides is 1. The maximum Gasteiger partial charge on any atom is 0.208 e. The third-order valence-electron chi connectivity index (χ3n) is 1.91. The molecule has 0 saturated carbocycles. The Morgan fingerprint density at radius 1 is 1.31 bits per heavy atom. The zero-order valence-corrected chi connectivity index (χ0v) is 9.92. The third-order valence-corrected chi connectivity index (χ3v) is 2.63. The average Bonchev–Trinajstić information content (AvgIpc) is 2.15. The van der Waals surface area contributed by atoms with Crippen LogP contribution in [0.15, 0.2) is 24.3 Å². The summed E-state index contributed by atoms with van der Waals surface area (Å²) in [6, 6.07) is 6.92. The topological polar surface area (TPSA) is 78.4 Å². The lowest BCUT2D eigenvalue weighted by Crippen LogP contribution is -2.30. The van der Waals surface area contributed by atoms with Gasteiger partial charge >= 0.3 is 0 Å². The summed E-state index contributed by atoms with van der Waals surface area (Å²) in [4.78, 5) is 0. The van der Waals surface area contributed by atoms with Crippen LogP contribution in [0.4, 0.5) is 0 Å². The molecular weight excluding hydrogens is 228 g/mol. The molecule has 0 aromatic heterocycles. The Bertz CT molecular complexity index is 431. The second kappa shape index (κ2) is 5.83. The van der Waals surface area contributed by atoms with Gasteiger partial charge in [0.15, 0.2) is 0 Å². The molecule has 6 heteroatoms. The molecule has 0 fully saturated rings. The van der Waals surface area contributed by atoms with Crippen LogP contribution in [0.3, 0.4) is 0 Å². The maximum absolute atomic E-state index is 10.7. The number of hydrogen-bond acceptors (Lipinski definition) is 4. The molecule has 3 N–H and O–H groups in total. The van der Waals surface area contributed by atoms with E-state index in [4.69, 9.17) is 0 Å². The minimum Gasteiger partial charge on any atom is -0.508 e. The molecule has 1 aromatic rings. The van der Waals surface area contributed by atoms with E-state index >= 15 is 0 Å². The molecule has 0 spiro atoms. The van der Waals surface area contributed by atoms with Crippen LogP contribution in [0.25, 0.3) is 0 Å². The molecule has 0 unspecified atom stereocenters. The summed E-state index contributed by atoms with van der Waals surface area (Å²) in [6.07, 6.45) is 1.13. The molecule has 90 valence electrons. The van der Waals surface area contributed by atoms with Gasteiger partial charge in [0.2, 0.25) is 10.0 Å². The summed E-state index contributed by atoms with van der Waals surface area (Å²) >= 11 is 0. The summed E-state index contributed by atoms with van der Waals surface area (Å²) in [5.41, 5.74) is 0.958. The van der Waals surface area contributed by atoms with E-state index in [1.54, 1.807) is 18.2 Å². The normalized spacial score (nSPS) is 11.6. The summed E-state index contributed by atoms with van der Waals surface area (Å²) in [7, 11) is -3.11. The van der Waals surface area contributed by atoms with Gasteiger partial charge in [0.25, 0.3) is 0 Å². The van der Waals surface area contributed by atoms with Crippen molar-refractivity contribution < 1.29 is 13.5 Å². The van der Waals surface area contributed by atoms with Gasteiger partial charge in [-0.3, -0.25) is 0 Å².